The highest BCUT2D eigenvalue weighted by Gasteiger charge is 2.32. The number of piperidine rings is 1. The summed E-state index contributed by atoms with van der Waals surface area (Å²) in [5.74, 6) is 1.46. The Morgan fingerprint density at radius 2 is 2.00 bits per heavy atom. The summed E-state index contributed by atoms with van der Waals surface area (Å²) in [4.78, 5) is 19.5. The van der Waals surface area contributed by atoms with Crippen molar-refractivity contribution < 1.29 is 14.3 Å². The van der Waals surface area contributed by atoms with Crippen LogP contribution in [0, 0.1) is 0 Å². The van der Waals surface area contributed by atoms with Gasteiger partial charge in [0.15, 0.2) is 0 Å². The van der Waals surface area contributed by atoms with E-state index >= 15 is 0 Å². The maximum atomic E-state index is 12.5. The van der Waals surface area contributed by atoms with E-state index in [4.69, 9.17) is 14.5 Å². The number of fused-ring (bicyclic) bond motifs is 1. The van der Waals surface area contributed by atoms with E-state index in [9.17, 15) is 4.79 Å². The highest BCUT2D eigenvalue weighted by molar-refractivity contribution is 5.68. The van der Waals surface area contributed by atoms with E-state index in [1.807, 2.05) is 25.7 Å². The predicted octanol–water partition coefficient (Wildman–Crippen LogP) is 3.91. The van der Waals surface area contributed by atoms with Crippen molar-refractivity contribution in [2.45, 2.75) is 83.8 Å². The molecule has 1 fully saturated rings. The second-order valence-corrected chi connectivity index (χ2v) is 8.83. The van der Waals surface area contributed by atoms with Gasteiger partial charge in [-0.3, -0.25) is 0 Å². The van der Waals surface area contributed by atoms with Crippen LogP contribution >= 0.6 is 0 Å². The van der Waals surface area contributed by atoms with Crippen LogP contribution in [-0.2, 0) is 28.9 Å². The molecule has 0 aromatic carbocycles. The van der Waals surface area contributed by atoms with Gasteiger partial charge in [-0.15, -0.1) is 0 Å². The highest BCUT2D eigenvalue weighted by atomic mass is 16.6. The van der Waals surface area contributed by atoms with E-state index in [0.717, 1.165) is 51.8 Å². The average Bonchev–Trinajstić information content (AvgIpc) is 2.99. The summed E-state index contributed by atoms with van der Waals surface area (Å²) in [7, 11) is 1.75. The molecule has 152 valence electrons. The molecule has 6 heteroatoms. The first kappa shape index (κ1) is 20.2. The molecule has 1 aliphatic heterocycles. The molecule has 1 aromatic rings. The van der Waals surface area contributed by atoms with E-state index in [2.05, 4.69) is 4.57 Å². The summed E-state index contributed by atoms with van der Waals surface area (Å²) in [5.41, 5.74) is 2.24. The Labute approximate surface area is 163 Å². The maximum absolute atomic E-state index is 12.5. The maximum Gasteiger partial charge on any atom is 0.410 e. The second-order valence-electron chi connectivity index (χ2n) is 8.83. The van der Waals surface area contributed by atoms with Crippen LogP contribution in [0.5, 0.6) is 0 Å². The average molecular weight is 378 g/mol. The van der Waals surface area contributed by atoms with Gasteiger partial charge in [-0.2, -0.15) is 0 Å². The van der Waals surface area contributed by atoms with Crippen molar-refractivity contribution in [2.75, 3.05) is 26.8 Å². The van der Waals surface area contributed by atoms with Crippen LogP contribution in [0.1, 0.15) is 76.0 Å². The number of carbonyl (C=O) groups is 1. The van der Waals surface area contributed by atoms with Gasteiger partial charge in [0.2, 0.25) is 0 Å². The molecule has 1 saturated heterocycles. The number of carbonyl (C=O) groups excluding carboxylic acids is 1. The molecule has 27 heavy (non-hydrogen) atoms. The van der Waals surface area contributed by atoms with Gasteiger partial charge >= 0.3 is 6.09 Å². The molecule has 0 radical (unpaired) electrons. The van der Waals surface area contributed by atoms with Crippen molar-refractivity contribution >= 4 is 6.09 Å². The molecule has 2 aliphatic rings. The zero-order chi connectivity index (χ0) is 19.4. The zero-order valence-electron chi connectivity index (χ0n) is 17.4. The van der Waals surface area contributed by atoms with Crippen molar-refractivity contribution in [3.63, 3.8) is 0 Å². The number of ether oxygens (including phenoxy) is 2. The van der Waals surface area contributed by atoms with E-state index < -0.39 is 5.60 Å². The summed E-state index contributed by atoms with van der Waals surface area (Å²) in [6, 6.07) is 0. The standard InChI is InChI=1S/C21H35N3O3/c1-21(2,3)27-20(25)23-12-7-9-16(15-23)19-22-17-10-5-6-11-18(17)24(19)13-8-14-26-4/h16H,5-15H2,1-4H3/t16-/m1/s1. The van der Waals surface area contributed by atoms with Crippen molar-refractivity contribution in [3.8, 4) is 0 Å². The summed E-state index contributed by atoms with van der Waals surface area (Å²) >= 11 is 0. The minimum atomic E-state index is -0.457. The van der Waals surface area contributed by atoms with Gasteiger partial charge in [0.1, 0.15) is 11.4 Å². The minimum absolute atomic E-state index is 0.200. The number of aryl methyl sites for hydroxylation is 1. The number of likely N-dealkylation sites (tertiary alicyclic amines) is 1. The molecule has 3 rings (SSSR count). The number of hydrogen-bond donors (Lipinski definition) is 0. The Morgan fingerprint density at radius 3 is 2.74 bits per heavy atom. The number of aromatic nitrogens is 2. The molecular formula is C21H35N3O3. The van der Waals surface area contributed by atoms with Gasteiger partial charge < -0.3 is 18.9 Å². The lowest BCUT2D eigenvalue weighted by Gasteiger charge is -2.34. The summed E-state index contributed by atoms with van der Waals surface area (Å²) in [6.45, 7) is 8.95. The Kier molecular flexibility index (Phi) is 6.45. The van der Waals surface area contributed by atoms with Crippen LogP contribution in [-0.4, -0.2) is 53.0 Å². The van der Waals surface area contributed by atoms with E-state index in [1.165, 1.54) is 30.1 Å². The molecule has 6 nitrogen and oxygen atoms in total. The van der Waals surface area contributed by atoms with Crippen molar-refractivity contribution in [3.05, 3.63) is 17.2 Å². The van der Waals surface area contributed by atoms with E-state index in [1.54, 1.807) is 7.11 Å². The molecule has 0 spiro atoms. The SMILES string of the molecule is COCCCn1c([C@@H]2CCCN(C(=O)OC(C)(C)C)C2)nc2c1CCCC2. The second kappa shape index (κ2) is 8.63. The third-order valence-corrected chi connectivity index (χ3v) is 5.43. The quantitative estimate of drug-likeness (QED) is 0.730. The Morgan fingerprint density at radius 1 is 1.22 bits per heavy atom. The van der Waals surface area contributed by atoms with Gasteiger partial charge in [-0.1, -0.05) is 0 Å². The molecule has 2 heterocycles. The van der Waals surface area contributed by atoms with E-state index in [0.29, 0.717) is 12.5 Å². The Balaban J connectivity index is 1.78. The number of rotatable bonds is 5. The van der Waals surface area contributed by atoms with Crippen LogP contribution in [0.25, 0.3) is 0 Å². The fraction of sp³-hybridized carbons (Fsp3) is 0.810. The van der Waals surface area contributed by atoms with Crippen LogP contribution in [0.2, 0.25) is 0 Å². The van der Waals surface area contributed by atoms with Crippen molar-refractivity contribution in [1.29, 1.82) is 0 Å². The van der Waals surface area contributed by atoms with E-state index in [-0.39, 0.29) is 6.09 Å². The first-order chi connectivity index (χ1) is 12.9. The molecule has 1 aliphatic carbocycles. The molecule has 1 aromatic heterocycles. The van der Waals surface area contributed by atoms with Gasteiger partial charge in [-0.05, 0) is 65.7 Å². The summed E-state index contributed by atoms with van der Waals surface area (Å²) in [6.07, 6.45) is 7.57. The lowest BCUT2D eigenvalue weighted by Crippen LogP contribution is -2.42. The third kappa shape index (κ3) is 5.03. The van der Waals surface area contributed by atoms with Gasteiger partial charge in [0, 0.05) is 45.0 Å². The van der Waals surface area contributed by atoms with Crippen molar-refractivity contribution in [2.24, 2.45) is 0 Å². The summed E-state index contributed by atoms with van der Waals surface area (Å²) in [5, 5.41) is 0. The predicted molar refractivity (Wildman–Crippen MR) is 105 cm³/mol. The normalized spacial score (nSPS) is 20.4. The zero-order valence-corrected chi connectivity index (χ0v) is 17.4. The largest absolute Gasteiger partial charge is 0.444 e. The molecular weight excluding hydrogens is 342 g/mol. The number of imidazole rings is 1. The minimum Gasteiger partial charge on any atom is -0.444 e. The van der Waals surface area contributed by atoms with Crippen molar-refractivity contribution in [1.82, 2.24) is 14.5 Å². The van der Waals surface area contributed by atoms with Gasteiger partial charge in [-0.25, -0.2) is 9.78 Å². The van der Waals surface area contributed by atoms with Crippen LogP contribution in [0.4, 0.5) is 4.79 Å². The number of nitrogens with zero attached hydrogens (tertiary/aromatic N) is 3. The number of methoxy groups -OCH3 is 1. The van der Waals surface area contributed by atoms with Crippen LogP contribution in [0.3, 0.4) is 0 Å². The number of amides is 1. The van der Waals surface area contributed by atoms with Crippen LogP contribution in [0.15, 0.2) is 0 Å². The molecule has 0 unspecified atom stereocenters. The third-order valence-electron chi connectivity index (χ3n) is 5.43. The molecule has 0 bridgehead atoms. The Bertz CT molecular complexity index is 648. The fourth-order valence-corrected chi connectivity index (χ4v) is 4.23. The highest BCUT2D eigenvalue weighted by Crippen LogP contribution is 2.31. The van der Waals surface area contributed by atoms with Gasteiger partial charge in [0.25, 0.3) is 0 Å². The van der Waals surface area contributed by atoms with Crippen LogP contribution < -0.4 is 0 Å². The summed E-state index contributed by atoms with van der Waals surface area (Å²) < 4.78 is 13.3. The van der Waals surface area contributed by atoms with Gasteiger partial charge in [0.05, 0.1) is 5.69 Å². The number of hydrogen-bond acceptors (Lipinski definition) is 4. The molecule has 1 amide bonds. The Hall–Kier alpha value is -1.56. The topological polar surface area (TPSA) is 56.6 Å². The molecule has 0 saturated carbocycles. The first-order valence-electron chi connectivity index (χ1n) is 10.4. The fourth-order valence-electron chi connectivity index (χ4n) is 4.23. The first-order valence-corrected chi connectivity index (χ1v) is 10.4. The molecule has 0 N–H and O–H groups in total. The lowest BCUT2D eigenvalue weighted by atomic mass is 9.97. The smallest absolute Gasteiger partial charge is 0.410 e. The monoisotopic (exact) mass is 377 g/mol. The lowest BCUT2D eigenvalue weighted by molar-refractivity contribution is 0.0195. The molecule has 1 atom stereocenters.